The number of nitrogens with one attached hydrogen (secondary N) is 2. The van der Waals surface area contributed by atoms with Crippen LogP contribution in [-0.2, 0) is 16.0 Å². The topological polar surface area (TPSA) is 84.2 Å². The van der Waals surface area contributed by atoms with E-state index in [1.54, 1.807) is 0 Å². The summed E-state index contributed by atoms with van der Waals surface area (Å²) in [5, 5.41) is 5.61. The second-order valence-electron chi connectivity index (χ2n) is 7.22. The lowest BCUT2D eigenvalue weighted by molar-refractivity contribution is -0.126. The summed E-state index contributed by atoms with van der Waals surface area (Å²) in [5.74, 6) is -0.945. The van der Waals surface area contributed by atoms with Crippen LogP contribution in [0.1, 0.15) is 44.4 Å². The molecule has 2 N–H and O–H groups in total. The Morgan fingerprint density at radius 2 is 1.86 bits per heavy atom. The smallest absolute Gasteiger partial charge is 0.223 e. The fourth-order valence-electron chi connectivity index (χ4n) is 3.45. The standard InChI is InChI=1S/C21H25F2N3O3/c22-15-6-7-16(17(23)12-15)18-13-26-20(29-18)9-8-19(27)24-10-11-25-21(28)14-4-2-1-3-5-14/h6-7,12-14H,1-5,8-11H2,(H,24,27)(H,25,28). The van der Waals surface area contributed by atoms with Crippen LogP contribution in [0.2, 0.25) is 0 Å². The minimum Gasteiger partial charge on any atom is -0.441 e. The van der Waals surface area contributed by atoms with Crippen LogP contribution in [0.3, 0.4) is 0 Å². The summed E-state index contributed by atoms with van der Waals surface area (Å²) in [6.45, 7) is 0.753. The first-order chi connectivity index (χ1) is 14.0. The zero-order chi connectivity index (χ0) is 20.6. The Morgan fingerprint density at radius 3 is 2.62 bits per heavy atom. The van der Waals surface area contributed by atoms with Gasteiger partial charge in [-0.1, -0.05) is 19.3 Å². The van der Waals surface area contributed by atoms with Gasteiger partial charge in [-0.15, -0.1) is 0 Å². The van der Waals surface area contributed by atoms with Gasteiger partial charge in [-0.25, -0.2) is 13.8 Å². The van der Waals surface area contributed by atoms with Crippen molar-refractivity contribution in [1.82, 2.24) is 15.6 Å². The Morgan fingerprint density at radius 1 is 1.10 bits per heavy atom. The zero-order valence-corrected chi connectivity index (χ0v) is 16.2. The highest BCUT2D eigenvalue weighted by Gasteiger charge is 2.20. The zero-order valence-electron chi connectivity index (χ0n) is 16.2. The summed E-state index contributed by atoms with van der Waals surface area (Å²) >= 11 is 0. The van der Waals surface area contributed by atoms with Gasteiger partial charge in [-0.3, -0.25) is 9.59 Å². The predicted octanol–water partition coefficient (Wildman–Crippen LogP) is 3.37. The Labute approximate surface area is 168 Å². The molecule has 0 aliphatic heterocycles. The van der Waals surface area contributed by atoms with Crippen molar-refractivity contribution in [1.29, 1.82) is 0 Å². The molecule has 1 heterocycles. The molecule has 2 amide bonds. The van der Waals surface area contributed by atoms with E-state index < -0.39 is 11.6 Å². The third-order valence-electron chi connectivity index (χ3n) is 5.04. The molecule has 1 aliphatic rings. The Bertz CT molecular complexity index is 847. The average Bonchev–Trinajstić information content (AvgIpc) is 3.19. The molecule has 1 aromatic carbocycles. The van der Waals surface area contributed by atoms with Gasteiger partial charge in [-0.05, 0) is 25.0 Å². The molecule has 8 heteroatoms. The molecule has 0 saturated heterocycles. The molecular weight excluding hydrogens is 380 g/mol. The summed E-state index contributed by atoms with van der Waals surface area (Å²) in [5.41, 5.74) is 0.114. The van der Waals surface area contributed by atoms with Gasteiger partial charge in [-0.2, -0.15) is 0 Å². The summed E-state index contributed by atoms with van der Waals surface area (Å²) in [6.07, 6.45) is 7.05. The van der Waals surface area contributed by atoms with Gasteiger partial charge in [0.2, 0.25) is 11.8 Å². The lowest BCUT2D eigenvalue weighted by atomic mass is 9.89. The van der Waals surface area contributed by atoms with Crippen LogP contribution in [0.5, 0.6) is 0 Å². The van der Waals surface area contributed by atoms with E-state index in [4.69, 9.17) is 4.42 Å². The lowest BCUT2D eigenvalue weighted by Crippen LogP contribution is -2.38. The number of oxazole rings is 1. The van der Waals surface area contributed by atoms with E-state index in [1.165, 1.54) is 18.7 Å². The predicted molar refractivity (Wildman–Crippen MR) is 103 cm³/mol. The highest BCUT2D eigenvalue weighted by atomic mass is 19.1. The molecule has 29 heavy (non-hydrogen) atoms. The number of rotatable bonds is 8. The number of halogens is 2. The van der Waals surface area contributed by atoms with Gasteiger partial charge in [0.1, 0.15) is 11.6 Å². The number of aryl methyl sites for hydroxylation is 1. The largest absolute Gasteiger partial charge is 0.441 e. The van der Waals surface area contributed by atoms with Crippen LogP contribution < -0.4 is 10.6 Å². The molecule has 0 radical (unpaired) electrons. The maximum Gasteiger partial charge on any atom is 0.223 e. The van der Waals surface area contributed by atoms with Gasteiger partial charge < -0.3 is 15.1 Å². The quantitative estimate of drug-likeness (QED) is 0.660. The van der Waals surface area contributed by atoms with Crippen LogP contribution in [0.15, 0.2) is 28.8 Å². The van der Waals surface area contributed by atoms with Crippen molar-refractivity contribution in [3.8, 4) is 11.3 Å². The molecule has 0 atom stereocenters. The van der Waals surface area contributed by atoms with Crippen LogP contribution in [0, 0.1) is 17.6 Å². The van der Waals surface area contributed by atoms with Crippen LogP contribution in [0.4, 0.5) is 8.78 Å². The number of hydrogen-bond acceptors (Lipinski definition) is 4. The van der Waals surface area contributed by atoms with Crippen LogP contribution in [-0.4, -0.2) is 29.9 Å². The van der Waals surface area contributed by atoms with Gasteiger partial charge in [0.15, 0.2) is 11.7 Å². The van der Waals surface area contributed by atoms with Crippen molar-refractivity contribution in [3.63, 3.8) is 0 Å². The van der Waals surface area contributed by atoms with Gasteiger partial charge >= 0.3 is 0 Å². The van der Waals surface area contributed by atoms with E-state index in [-0.39, 0.29) is 41.9 Å². The molecule has 0 unspecified atom stereocenters. The number of carbonyl (C=O) groups is 2. The first-order valence-corrected chi connectivity index (χ1v) is 9.97. The fourth-order valence-corrected chi connectivity index (χ4v) is 3.45. The number of hydrogen-bond donors (Lipinski definition) is 2. The fraction of sp³-hybridized carbons (Fsp3) is 0.476. The summed E-state index contributed by atoms with van der Waals surface area (Å²) < 4.78 is 32.2. The Kier molecular flexibility index (Phi) is 7.32. The van der Waals surface area contributed by atoms with Crippen LogP contribution >= 0.6 is 0 Å². The average molecular weight is 405 g/mol. The van der Waals surface area contributed by atoms with E-state index in [2.05, 4.69) is 15.6 Å². The number of amides is 2. The third kappa shape index (κ3) is 6.10. The molecule has 2 aromatic rings. The van der Waals surface area contributed by atoms with Gasteiger partial charge in [0, 0.05) is 37.9 Å². The lowest BCUT2D eigenvalue weighted by Gasteiger charge is -2.20. The van der Waals surface area contributed by atoms with E-state index in [9.17, 15) is 18.4 Å². The molecule has 0 spiro atoms. The second kappa shape index (κ2) is 10.1. The Balaban J connectivity index is 1.36. The van der Waals surface area contributed by atoms with E-state index in [1.807, 2.05) is 0 Å². The third-order valence-corrected chi connectivity index (χ3v) is 5.04. The number of carbonyl (C=O) groups excluding carboxylic acids is 2. The van der Waals surface area contributed by atoms with Crippen molar-refractivity contribution in [3.05, 3.63) is 41.9 Å². The highest BCUT2D eigenvalue weighted by Crippen LogP contribution is 2.25. The summed E-state index contributed by atoms with van der Waals surface area (Å²) in [6, 6.07) is 3.20. The molecule has 1 aliphatic carbocycles. The first-order valence-electron chi connectivity index (χ1n) is 9.97. The van der Waals surface area contributed by atoms with E-state index >= 15 is 0 Å². The summed E-state index contributed by atoms with van der Waals surface area (Å²) in [4.78, 5) is 28.0. The van der Waals surface area contributed by atoms with Gasteiger partial charge in [0.25, 0.3) is 0 Å². The maximum absolute atomic E-state index is 13.8. The second-order valence-corrected chi connectivity index (χ2v) is 7.22. The SMILES string of the molecule is O=C(CCc1ncc(-c2ccc(F)cc2F)o1)NCCNC(=O)C1CCCCC1. The van der Waals surface area contributed by atoms with E-state index in [0.29, 0.717) is 19.0 Å². The maximum atomic E-state index is 13.8. The minimum atomic E-state index is -0.735. The first kappa shape index (κ1) is 21.0. The molecule has 1 aromatic heterocycles. The normalized spacial score (nSPS) is 14.6. The summed E-state index contributed by atoms with van der Waals surface area (Å²) in [7, 11) is 0. The van der Waals surface area contributed by atoms with Gasteiger partial charge in [0.05, 0.1) is 11.8 Å². The Hall–Kier alpha value is -2.77. The molecule has 1 saturated carbocycles. The van der Waals surface area contributed by atoms with Crippen LogP contribution in [0.25, 0.3) is 11.3 Å². The van der Waals surface area contributed by atoms with Crippen molar-refractivity contribution < 1.29 is 22.8 Å². The highest BCUT2D eigenvalue weighted by molar-refractivity contribution is 5.79. The minimum absolute atomic E-state index is 0.0688. The number of aromatic nitrogens is 1. The molecule has 3 rings (SSSR count). The molecule has 156 valence electrons. The monoisotopic (exact) mass is 405 g/mol. The number of benzene rings is 1. The molecule has 0 bridgehead atoms. The van der Waals surface area contributed by atoms with Crippen molar-refractivity contribution in [2.75, 3.05) is 13.1 Å². The van der Waals surface area contributed by atoms with E-state index in [0.717, 1.165) is 37.8 Å². The van der Waals surface area contributed by atoms with Crippen molar-refractivity contribution in [2.45, 2.75) is 44.9 Å². The molecule has 6 nitrogen and oxygen atoms in total. The van der Waals surface area contributed by atoms with Crippen molar-refractivity contribution in [2.24, 2.45) is 5.92 Å². The molecular formula is C21H25F2N3O3. The number of nitrogens with zero attached hydrogens (tertiary/aromatic N) is 1. The van der Waals surface area contributed by atoms with Crippen molar-refractivity contribution >= 4 is 11.8 Å². The molecule has 1 fully saturated rings.